The Morgan fingerprint density at radius 3 is 2.43 bits per heavy atom. The molecule has 0 atom stereocenters. The van der Waals surface area contributed by atoms with Gasteiger partial charge in [0.25, 0.3) is 0 Å². The number of nitrogens with one attached hydrogen (secondary N) is 1. The number of hydrogen-bond acceptors (Lipinski definition) is 4. The molecule has 118 valence electrons. The first kappa shape index (κ1) is 16.3. The predicted octanol–water partition coefficient (Wildman–Crippen LogP) is 1.51. The van der Waals surface area contributed by atoms with Gasteiger partial charge in [0.05, 0.1) is 5.69 Å². The molecule has 0 saturated carbocycles. The van der Waals surface area contributed by atoms with Crippen molar-refractivity contribution in [3.8, 4) is 0 Å². The summed E-state index contributed by atoms with van der Waals surface area (Å²) in [6.07, 6.45) is 2.06. The Labute approximate surface area is 127 Å². The number of aryl methyl sites for hydroxylation is 2. The van der Waals surface area contributed by atoms with Gasteiger partial charge in [0.15, 0.2) is 0 Å². The van der Waals surface area contributed by atoms with Gasteiger partial charge in [-0.1, -0.05) is 0 Å². The van der Waals surface area contributed by atoms with Gasteiger partial charge < -0.3 is 10.6 Å². The number of sulfonamides is 1. The number of piperidine rings is 1. The lowest BCUT2D eigenvalue weighted by Crippen LogP contribution is -2.37. The Hall–Kier alpha value is -1.11. The molecule has 0 aromatic heterocycles. The van der Waals surface area contributed by atoms with Crippen molar-refractivity contribution in [1.82, 2.24) is 9.62 Å². The van der Waals surface area contributed by atoms with E-state index in [0.29, 0.717) is 18.2 Å². The number of hydrogen-bond donors (Lipinski definition) is 2. The minimum absolute atomic E-state index is 0.193. The number of nitrogens with zero attached hydrogens (tertiary/aromatic N) is 1. The van der Waals surface area contributed by atoms with E-state index in [9.17, 15) is 8.42 Å². The van der Waals surface area contributed by atoms with Gasteiger partial charge >= 0.3 is 0 Å². The molecule has 2 rings (SSSR count). The summed E-state index contributed by atoms with van der Waals surface area (Å²) >= 11 is 0. The van der Waals surface area contributed by atoms with E-state index in [1.54, 1.807) is 12.1 Å². The summed E-state index contributed by atoms with van der Waals surface area (Å²) in [6.45, 7) is 6.36. The zero-order valence-electron chi connectivity index (χ0n) is 13.0. The second-order valence-corrected chi connectivity index (χ2v) is 7.81. The maximum atomic E-state index is 12.4. The number of nitrogens with two attached hydrogens (primary N) is 1. The average molecular weight is 311 g/mol. The molecule has 6 heteroatoms. The first-order chi connectivity index (χ1) is 9.79. The summed E-state index contributed by atoms with van der Waals surface area (Å²) < 4.78 is 27.6. The van der Waals surface area contributed by atoms with Crippen LogP contribution in [0.25, 0.3) is 0 Å². The second-order valence-electron chi connectivity index (χ2n) is 6.07. The van der Waals surface area contributed by atoms with Crippen molar-refractivity contribution in [2.24, 2.45) is 5.92 Å². The molecule has 0 spiro atoms. The highest BCUT2D eigenvalue weighted by molar-refractivity contribution is 7.89. The summed E-state index contributed by atoms with van der Waals surface area (Å²) in [4.78, 5) is 2.46. The summed E-state index contributed by atoms with van der Waals surface area (Å²) in [6, 6.07) is 3.38. The van der Waals surface area contributed by atoms with E-state index in [1.807, 2.05) is 13.8 Å². The Morgan fingerprint density at radius 2 is 1.81 bits per heavy atom. The number of rotatable bonds is 4. The van der Waals surface area contributed by atoms with E-state index in [2.05, 4.69) is 16.7 Å². The third-order valence-corrected chi connectivity index (χ3v) is 5.80. The predicted molar refractivity (Wildman–Crippen MR) is 85.7 cm³/mol. The SMILES string of the molecule is Cc1cc(N)c(S(=O)(=O)NCC2CCN(C)CC2)cc1C. The van der Waals surface area contributed by atoms with Crippen LogP contribution in [0, 0.1) is 19.8 Å². The van der Waals surface area contributed by atoms with Crippen molar-refractivity contribution in [3.63, 3.8) is 0 Å². The van der Waals surface area contributed by atoms with Crippen LogP contribution in [0.1, 0.15) is 24.0 Å². The highest BCUT2D eigenvalue weighted by Crippen LogP contribution is 2.23. The van der Waals surface area contributed by atoms with E-state index in [1.165, 1.54) is 0 Å². The van der Waals surface area contributed by atoms with E-state index in [0.717, 1.165) is 37.1 Å². The fourth-order valence-corrected chi connectivity index (χ4v) is 3.93. The van der Waals surface area contributed by atoms with E-state index < -0.39 is 10.0 Å². The number of nitrogen functional groups attached to an aromatic ring is 1. The molecule has 0 radical (unpaired) electrons. The smallest absolute Gasteiger partial charge is 0.242 e. The summed E-state index contributed by atoms with van der Waals surface area (Å²) in [5, 5.41) is 0. The fraction of sp³-hybridized carbons (Fsp3) is 0.600. The highest BCUT2D eigenvalue weighted by atomic mass is 32.2. The van der Waals surface area contributed by atoms with Gasteiger partial charge in [-0.05, 0) is 76.0 Å². The van der Waals surface area contributed by atoms with Crippen molar-refractivity contribution in [2.75, 3.05) is 32.4 Å². The minimum atomic E-state index is -3.53. The lowest BCUT2D eigenvalue weighted by Gasteiger charge is -2.28. The third kappa shape index (κ3) is 3.96. The first-order valence-electron chi connectivity index (χ1n) is 7.34. The molecule has 1 saturated heterocycles. The second kappa shape index (κ2) is 6.34. The van der Waals surface area contributed by atoms with Gasteiger partial charge in [-0.25, -0.2) is 13.1 Å². The lowest BCUT2D eigenvalue weighted by atomic mass is 9.98. The summed E-state index contributed by atoms with van der Waals surface area (Å²) in [5.74, 6) is 0.406. The Balaban J connectivity index is 2.07. The quantitative estimate of drug-likeness (QED) is 0.827. The van der Waals surface area contributed by atoms with Gasteiger partial charge in [-0.2, -0.15) is 0 Å². The largest absolute Gasteiger partial charge is 0.398 e. The number of anilines is 1. The van der Waals surface area contributed by atoms with Crippen LogP contribution in [0.2, 0.25) is 0 Å². The molecule has 0 bridgehead atoms. The van der Waals surface area contributed by atoms with E-state index >= 15 is 0 Å². The van der Waals surface area contributed by atoms with Crippen molar-refractivity contribution >= 4 is 15.7 Å². The molecule has 1 fully saturated rings. The van der Waals surface area contributed by atoms with Crippen LogP contribution in [-0.2, 0) is 10.0 Å². The lowest BCUT2D eigenvalue weighted by molar-refractivity contribution is 0.220. The molecule has 21 heavy (non-hydrogen) atoms. The van der Waals surface area contributed by atoms with E-state index in [4.69, 9.17) is 5.73 Å². The van der Waals surface area contributed by atoms with Gasteiger partial charge in [-0.3, -0.25) is 0 Å². The third-order valence-electron chi connectivity index (χ3n) is 4.32. The van der Waals surface area contributed by atoms with Crippen LogP contribution >= 0.6 is 0 Å². The molecule has 3 N–H and O–H groups in total. The van der Waals surface area contributed by atoms with Crippen molar-refractivity contribution in [1.29, 1.82) is 0 Å². The van der Waals surface area contributed by atoms with E-state index in [-0.39, 0.29) is 4.90 Å². The number of likely N-dealkylation sites (tertiary alicyclic amines) is 1. The zero-order chi connectivity index (χ0) is 15.6. The molecule has 0 amide bonds. The monoisotopic (exact) mass is 311 g/mol. The molecule has 5 nitrogen and oxygen atoms in total. The molecule has 1 aliphatic heterocycles. The molecule has 1 aliphatic rings. The summed E-state index contributed by atoms with van der Waals surface area (Å²) in [7, 11) is -1.44. The zero-order valence-corrected chi connectivity index (χ0v) is 13.8. The molecule has 0 unspecified atom stereocenters. The normalized spacial score (nSPS) is 18.0. The topological polar surface area (TPSA) is 75.4 Å². The standard InChI is InChI=1S/C15H25N3O2S/c1-11-8-14(16)15(9-12(11)2)21(19,20)17-10-13-4-6-18(3)7-5-13/h8-9,13,17H,4-7,10,16H2,1-3H3. The van der Waals surface area contributed by atoms with Crippen molar-refractivity contribution in [3.05, 3.63) is 23.3 Å². The Morgan fingerprint density at radius 1 is 1.24 bits per heavy atom. The van der Waals surface area contributed by atoms with Crippen molar-refractivity contribution < 1.29 is 8.42 Å². The molecule has 1 aromatic rings. The summed E-state index contributed by atoms with van der Waals surface area (Å²) in [5.41, 5.74) is 8.13. The van der Waals surface area contributed by atoms with Crippen LogP contribution in [0.4, 0.5) is 5.69 Å². The average Bonchev–Trinajstić information content (AvgIpc) is 2.42. The van der Waals surface area contributed by atoms with Crippen LogP contribution in [-0.4, -0.2) is 40.0 Å². The van der Waals surface area contributed by atoms with Crippen LogP contribution in [0.3, 0.4) is 0 Å². The molecular formula is C15H25N3O2S. The first-order valence-corrected chi connectivity index (χ1v) is 8.83. The van der Waals surface area contributed by atoms with Gasteiger partial charge in [0.2, 0.25) is 10.0 Å². The van der Waals surface area contributed by atoms with Gasteiger partial charge in [-0.15, -0.1) is 0 Å². The Kier molecular flexibility index (Phi) is 4.91. The minimum Gasteiger partial charge on any atom is -0.398 e. The van der Waals surface area contributed by atoms with Gasteiger partial charge in [0, 0.05) is 6.54 Å². The molecule has 1 heterocycles. The molecular weight excluding hydrogens is 286 g/mol. The molecule has 0 aliphatic carbocycles. The van der Waals surface area contributed by atoms with Crippen LogP contribution in [0.15, 0.2) is 17.0 Å². The maximum Gasteiger partial charge on any atom is 0.242 e. The molecule has 1 aromatic carbocycles. The maximum absolute atomic E-state index is 12.4. The Bertz CT molecular complexity index is 606. The van der Waals surface area contributed by atoms with Crippen LogP contribution in [0.5, 0.6) is 0 Å². The van der Waals surface area contributed by atoms with Crippen molar-refractivity contribution in [2.45, 2.75) is 31.6 Å². The number of benzene rings is 1. The van der Waals surface area contributed by atoms with Gasteiger partial charge in [0.1, 0.15) is 4.90 Å². The fourth-order valence-electron chi connectivity index (χ4n) is 2.62. The van der Waals surface area contributed by atoms with Crippen LogP contribution < -0.4 is 10.5 Å². The highest BCUT2D eigenvalue weighted by Gasteiger charge is 2.22.